The monoisotopic (exact) mass is 433 g/mol. The Bertz CT molecular complexity index is 1100. The van der Waals surface area contributed by atoms with E-state index >= 15 is 0 Å². The van der Waals surface area contributed by atoms with E-state index in [0.29, 0.717) is 5.88 Å². The Labute approximate surface area is 189 Å². The molecular formula is C26H31N3OS. The minimum Gasteiger partial charge on any atom is -0.437 e. The van der Waals surface area contributed by atoms with Crippen LogP contribution in [0, 0.1) is 0 Å². The van der Waals surface area contributed by atoms with Crippen LogP contribution in [0.2, 0.25) is 0 Å². The van der Waals surface area contributed by atoms with Crippen LogP contribution in [0.1, 0.15) is 52.7 Å². The van der Waals surface area contributed by atoms with Gasteiger partial charge in [0.2, 0.25) is 5.88 Å². The first-order valence-corrected chi connectivity index (χ1v) is 11.5. The van der Waals surface area contributed by atoms with Gasteiger partial charge >= 0.3 is 0 Å². The van der Waals surface area contributed by atoms with E-state index in [1.54, 1.807) is 18.0 Å². The minimum atomic E-state index is -0.247. The number of hydrogen-bond acceptors (Lipinski definition) is 5. The largest absolute Gasteiger partial charge is 0.437 e. The average molecular weight is 434 g/mol. The molecule has 1 aliphatic rings. The highest BCUT2D eigenvalue weighted by Gasteiger charge is 2.35. The third-order valence-electron chi connectivity index (χ3n) is 5.47. The standard InChI is InChI=1S/C26H31N3OS/c1-25(2,3)17-11-7-8-15-21(17)30-23-20(14-10-16-28-23)29-19-13-9-12-18(26(4,5)6)22(19)31-24(29)27/h7-16,24H,27H2,1-6H3. The molecule has 3 aromatic rings. The lowest BCUT2D eigenvalue weighted by molar-refractivity contribution is 0.440. The van der Waals surface area contributed by atoms with Crippen LogP contribution in [0.5, 0.6) is 11.6 Å². The number of ether oxygens (including phenoxy) is 1. The van der Waals surface area contributed by atoms with E-state index in [0.717, 1.165) is 22.7 Å². The average Bonchev–Trinajstić information content (AvgIpc) is 3.03. The van der Waals surface area contributed by atoms with Gasteiger partial charge in [0.1, 0.15) is 16.9 Å². The molecule has 4 nitrogen and oxygen atoms in total. The maximum atomic E-state index is 6.64. The van der Waals surface area contributed by atoms with Gasteiger partial charge in [-0.15, -0.1) is 0 Å². The number of fused-ring (bicyclic) bond motifs is 1. The van der Waals surface area contributed by atoms with Crippen molar-refractivity contribution in [2.75, 3.05) is 4.90 Å². The summed E-state index contributed by atoms with van der Waals surface area (Å²) in [7, 11) is 0. The molecule has 5 heteroatoms. The fraction of sp³-hybridized carbons (Fsp3) is 0.346. The number of pyridine rings is 1. The molecule has 4 rings (SSSR count). The SMILES string of the molecule is CC(C)(C)c1ccccc1Oc1ncccc1N1c2cccc(C(C)(C)C)c2SC1N. The van der Waals surface area contributed by atoms with Gasteiger partial charge in [0, 0.05) is 16.7 Å². The Morgan fingerprint density at radius 3 is 2.19 bits per heavy atom. The Balaban J connectivity index is 1.79. The van der Waals surface area contributed by atoms with Crippen molar-refractivity contribution in [3.05, 3.63) is 71.9 Å². The highest BCUT2D eigenvalue weighted by atomic mass is 32.2. The van der Waals surface area contributed by atoms with Crippen molar-refractivity contribution in [1.29, 1.82) is 0 Å². The van der Waals surface area contributed by atoms with E-state index in [1.165, 1.54) is 10.5 Å². The van der Waals surface area contributed by atoms with Gasteiger partial charge in [0.15, 0.2) is 0 Å². The molecule has 0 radical (unpaired) electrons. The van der Waals surface area contributed by atoms with E-state index in [2.05, 4.69) is 75.7 Å². The number of thioether (sulfide) groups is 1. The first kappa shape index (κ1) is 21.7. The Morgan fingerprint density at radius 1 is 0.839 bits per heavy atom. The highest BCUT2D eigenvalue weighted by Crippen LogP contribution is 2.51. The van der Waals surface area contributed by atoms with Gasteiger partial charge < -0.3 is 15.4 Å². The van der Waals surface area contributed by atoms with Crippen LogP contribution in [0.4, 0.5) is 11.4 Å². The van der Waals surface area contributed by atoms with Crippen LogP contribution in [0.25, 0.3) is 0 Å². The van der Waals surface area contributed by atoms with Crippen LogP contribution < -0.4 is 15.4 Å². The van der Waals surface area contributed by atoms with Gasteiger partial charge in [-0.25, -0.2) is 4.98 Å². The first-order chi connectivity index (χ1) is 14.6. The third kappa shape index (κ3) is 4.17. The van der Waals surface area contributed by atoms with Crippen LogP contribution in [0.15, 0.2) is 65.7 Å². The summed E-state index contributed by atoms with van der Waals surface area (Å²) in [4.78, 5) is 7.96. The molecular weight excluding hydrogens is 402 g/mol. The molecule has 1 unspecified atom stereocenters. The second kappa shape index (κ2) is 7.88. The minimum absolute atomic E-state index is 0.0357. The lowest BCUT2D eigenvalue weighted by atomic mass is 9.86. The summed E-state index contributed by atoms with van der Waals surface area (Å²) in [6, 6.07) is 18.6. The Morgan fingerprint density at radius 2 is 1.48 bits per heavy atom. The molecule has 0 amide bonds. The number of aromatic nitrogens is 1. The summed E-state index contributed by atoms with van der Waals surface area (Å²) < 4.78 is 6.42. The fourth-order valence-corrected chi connectivity index (χ4v) is 5.29. The molecule has 1 aromatic heterocycles. The zero-order chi connectivity index (χ0) is 22.4. The molecule has 2 N–H and O–H groups in total. The summed E-state index contributed by atoms with van der Waals surface area (Å²) >= 11 is 1.69. The van der Waals surface area contributed by atoms with E-state index in [9.17, 15) is 0 Å². The Hall–Kier alpha value is -2.50. The number of nitrogens with two attached hydrogens (primary N) is 1. The molecule has 0 spiro atoms. The molecule has 31 heavy (non-hydrogen) atoms. The van der Waals surface area contributed by atoms with Crippen molar-refractivity contribution >= 4 is 23.1 Å². The maximum absolute atomic E-state index is 6.64. The molecule has 0 saturated heterocycles. The van der Waals surface area contributed by atoms with Crippen LogP contribution in [-0.4, -0.2) is 10.5 Å². The lowest BCUT2D eigenvalue weighted by Gasteiger charge is -2.27. The van der Waals surface area contributed by atoms with Gasteiger partial charge in [-0.05, 0) is 40.7 Å². The second-order valence-corrected chi connectivity index (χ2v) is 11.1. The fourth-order valence-electron chi connectivity index (χ4n) is 3.93. The van der Waals surface area contributed by atoms with Crippen molar-refractivity contribution in [3.8, 4) is 11.6 Å². The molecule has 0 bridgehead atoms. The number of nitrogens with zero attached hydrogens (tertiary/aromatic N) is 2. The molecule has 1 atom stereocenters. The topological polar surface area (TPSA) is 51.4 Å². The van der Waals surface area contributed by atoms with E-state index in [1.807, 2.05) is 30.3 Å². The van der Waals surface area contributed by atoms with Gasteiger partial charge in [-0.1, -0.05) is 83.6 Å². The van der Waals surface area contributed by atoms with Crippen molar-refractivity contribution in [2.24, 2.45) is 5.73 Å². The zero-order valence-electron chi connectivity index (χ0n) is 19.1. The summed E-state index contributed by atoms with van der Waals surface area (Å²) in [5.74, 6) is 1.38. The van der Waals surface area contributed by atoms with Crippen LogP contribution in [-0.2, 0) is 10.8 Å². The van der Waals surface area contributed by atoms with Gasteiger partial charge in [-0.3, -0.25) is 0 Å². The van der Waals surface area contributed by atoms with Gasteiger partial charge in [-0.2, -0.15) is 0 Å². The number of anilines is 2. The summed E-state index contributed by atoms with van der Waals surface area (Å²) in [5.41, 5.74) is 10.8. The number of rotatable bonds is 3. The van der Waals surface area contributed by atoms with Gasteiger partial charge in [0.05, 0.1) is 5.69 Å². The quantitative estimate of drug-likeness (QED) is 0.484. The molecule has 2 aromatic carbocycles. The molecule has 162 valence electrons. The van der Waals surface area contributed by atoms with E-state index < -0.39 is 0 Å². The van der Waals surface area contributed by atoms with Crippen molar-refractivity contribution in [3.63, 3.8) is 0 Å². The summed E-state index contributed by atoms with van der Waals surface area (Å²) in [6.45, 7) is 13.3. The maximum Gasteiger partial charge on any atom is 0.243 e. The second-order valence-electron chi connectivity index (χ2n) is 9.96. The van der Waals surface area contributed by atoms with Crippen molar-refractivity contribution in [2.45, 2.75) is 62.8 Å². The molecule has 2 heterocycles. The lowest BCUT2D eigenvalue weighted by Crippen LogP contribution is -2.32. The Kier molecular flexibility index (Phi) is 5.52. The van der Waals surface area contributed by atoms with Gasteiger partial charge in [0.25, 0.3) is 0 Å². The van der Waals surface area contributed by atoms with Crippen LogP contribution in [0.3, 0.4) is 0 Å². The predicted octanol–water partition coefficient (Wildman–Crippen LogP) is 6.96. The zero-order valence-corrected chi connectivity index (χ0v) is 20.0. The number of para-hydroxylation sites is 1. The molecule has 0 fully saturated rings. The van der Waals surface area contributed by atoms with E-state index in [-0.39, 0.29) is 16.3 Å². The highest BCUT2D eigenvalue weighted by molar-refractivity contribution is 8.00. The smallest absolute Gasteiger partial charge is 0.243 e. The van der Waals surface area contributed by atoms with Crippen molar-refractivity contribution < 1.29 is 4.74 Å². The normalized spacial score (nSPS) is 16.4. The molecule has 0 saturated carbocycles. The predicted molar refractivity (Wildman–Crippen MR) is 131 cm³/mol. The first-order valence-electron chi connectivity index (χ1n) is 10.6. The van der Waals surface area contributed by atoms with E-state index in [4.69, 9.17) is 10.5 Å². The molecule has 1 aliphatic heterocycles. The summed E-state index contributed by atoms with van der Waals surface area (Å²) in [6.07, 6.45) is 1.76. The summed E-state index contributed by atoms with van der Waals surface area (Å²) in [5, 5.41) is 0. The third-order valence-corrected chi connectivity index (χ3v) is 6.58. The number of benzene rings is 2. The van der Waals surface area contributed by atoms with Crippen molar-refractivity contribution in [1.82, 2.24) is 4.98 Å². The van der Waals surface area contributed by atoms with Crippen LogP contribution >= 0.6 is 11.8 Å². The molecule has 0 aliphatic carbocycles. The number of hydrogen-bond donors (Lipinski definition) is 1.